The molecule has 1 aliphatic rings. The summed E-state index contributed by atoms with van der Waals surface area (Å²) in [6.45, 7) is -2.89. The van der Waals surface area contributed by atoms with E-state index in [1.807, 2.05) is 0 Å². The third-order valence-electron chi connectivity index (χ3n) is 3.45. The maximum atomic E-state index is 13.1. The average molecular weight is 317 g/mol. The highest BCUT2D eigenvalue weighted by Crippen LogP contribution is 2.26. The van der Waals surface area contributed by atoms with Crippen molar-refractivity contribution in [2.45, 2.75) is 19.5 Å². The van der Waals surface area contributed by atoms with Gasteiger partial charge in [0.1, 0.15) is 11.6 Å². The van der Waals surface area contributed by atoms with Crippen LogP contribution in [0.5, 0.6) is 5.75 Å². The molecule has 0 spiro atoms. The largest absolute Gasteiger partial charge is 0.481 e. The lowest BCUT2D eigenvalue weighted by Gasteiger charge is -2.31. The summed E-state index contributed by atoms with van der Waals surface area (Å²) in [6.07, 6.45) is 0.942. The first kappa shape index (κ1) is 16.1. The van der Waals surface area contributed by atoms with Crippen molar-refractivity contribution in [1.29, 1.82) is 0 Å². The molecule has 1 unspecified atom stereocenters. The van der Waals surface area contributed by atoms with Crippen LogP contribution in [0.2, 0.25) is 0 Å². The van der Waals surface area contributed by atoms with Gasteiger partial charge in [-0.2, -0.15) is 8.78 Å². The molecule has 5 nitrogen and oxygen atoms in total. The minimum absolute atomic E-state index is 0.0142. The standard InChI is InChI=1S/C14H14F3NO4/c15-9-3-4-10(11(6-9)22-14(16)17)12(19)18-5-1-2-8(7-18)13(20)21/h3-4,6,8,14H,1-2,5,7H2,(H,20,21). The van der Waals surface area contributed by atoms with Crippen LogP contribution in [0.15, 0.2) is 18.2 Å². The van der Waals surface area contributed by atoms with Gasteiger partial charge in [-0.05, 0) is 25.0 Å². The summed E-state index contributed by atoms with van der Waals surface area (Å²) in [5.74, 6) is -3.73. The van der Waals surface area contributed by atoms with Gasteiger partial charge in [0.2, 0.25) is 0 Å². The van der Waals surface area contributed by atoms with Gasteiger partial charge in [0, 0.05) is 19.2 Å². The van der Waals surface area contributed by atoms with Crippen LogP contribution >= 0.6 is 0 Å². The summed E-state index contributed by atoms with van der Waals surface area (Å²) < 4.78 is 42.0. The number of carboxylic acids is 1. The van der Waals surface area contributed by atoms with E-state index in [4.69, 9.17) is 5.11 Å². The number of rotatable bonds is 4. The van der Waals surface area contributed by atoms with Crippen LogP contribution in [-0.4, -0.2) is 41.6 Å². The van der Waals surface area contributed by atoms with Crippen LogP contribution in [0.4, 0.5) is 13.2 Å². The molecule has 0 bridgehead atoms. The van der Waals surface area contributed by atoms with E-state index in [0.29, 0.717) is 25.5 Å². The highest BCUT2D eigenvalue weighted by atomic mass is 19.3. The molecule has 1 fully saturated rings. The van der Waals surface area contributed by atoms with E-state index in [2.05, 4.69) is 4.74 Å². The molecular formula is C14H14F3NO4. The van der Waals surface area contributed by atoms with Crippen molar-refractivity contribution in [2.75, 3.05) is 13.1 Å². The molecule has 1 aliphatic heterocycles. The van der Waals surface area contributed by atoms with E-state index >= 15 is 0 Å². The molecular weight excluding hydrogens is 303 g/mol. The number of benzene rings is 1. The number of carboxylic acid groups (broad SMARTS) is 1. The molecule has 1 saturated heterocycles. The van der Waals surface area contributed by atoms with Crippen LogP contribution in [0.1, 0.15) is 23.2 Å². The predicted octanol–water partition coefficient (Wildman–Crippen LogP) is 2.36. The number of likely N-dealkylation sites (tertiary alicyclic amines) is 1. The zero-order chi connectivity index (χ0) is 16.3. The minimum atomic E-state index is -3.19. The van der Waals surface area contributed by atoms with Crippen molar-refractivity contribution in [3.63, 3.8) is 0 Å². The molecule has 120 valence electrons. The molecule has 1 amide bonds. The van der Waals surface area contributed by atoms with Crippen LogP contribution < -0.4 is 4.74 Å². The maximum Gasteiger partial charge on any atom is 0.387 e. The molecule has 0 aliphatic carbocycles. The van der Waals surface area contributed by atoms with Gasteiger partial charge in [0.15, 0.2) is 0 Å². The number of carbonyl (C=O) groups is 2. The molecule has 1 aromatic carbocycles. The lowest BCUT2D eigenvalue weighted by atomic mass is 9.97. The normalized spacial score (nSPS) is 18.4. The van der Waals surface area contributed by atoms with E-state index in [-0.39, 0.29) is 12.1 Å². The van der Waals surface area contributed by atoms with E-state index in [1.54, 1.807) is 0 Å². The van der Waals surface area contributed by atoms with E-state index < -0.39 is 36.0 Å². The van der Waals surface area contributed by atoms with E-state index in [9.17, 15) is 22.8 Å². The Morgan fingerprint density at radius 2 is 2.09 bits per heavy atom. The van der Waals surface area contributed by atoms with Crippen molar-refractivity contribution >= 4 is 11.9 Å². The quantitative estimate of drug-likeness (QED) is 0.926. The zero-order valence-corrected chi connectivity index (χ0v) is 11.5. The summed E-state index contributed by atoms with van der Waals surface area (Å²) in [6, 6.07) is 2.72. The van der Waals surface area contributed by atoms with Gasteiger partial charge in [-0.1, -0.05) is 0 Å². The first-order valence-electron chi connectivity index (χ1n) is 6.65. The monoisotopic (exact) mass is 317 g/mol. The fraction of sp³-hybridized carbons (Fsp3) is 0.429. The number of nitrogens with zero attached hydrogens (tertiary/aromatic N) is 1. The first-order valence-corrected chi connectivity index (χ1v) is 6.65. The van der Waals surface area contributed by atoms with Crippen LogP contribution in [0.3, 0.4) is 0 Å². The molecule has 0 aromatic heterocycles. The summed E-state index contributed by atoms with van der Waals surface area (Å²) in [7, 11) is 0. The SMILES string of the molecule is O=C(O)C1CCCN(C(=O)c2ccc(F)cc2OC(F)F)C1. The fourth-order valence-electron chi connectivity index (χ4n) is 2.40. The minimum Gasteiger partial charge on any atom is -0.481 e. The van der Waals surface area contributed by atoms with Crippen molar-refractivity contribution < 1.29 is 32.6 Å². The number of halogens is 3. The van der Waals surface area contributed by atoms with Crippen LogP contribution in [0, 0.1) is 11.7 Å². The van der Waals surface area contributed by atoms with Crippen LogP contribution in [0.25, 0.3) is 0 Å². The second-order valence-electron chi connectivity index (χ2n) is 4.95. The number of amides is 1. The van der Waals surface area contributed by atoms with Crippen molar-refractivity contribution in [3.8, 4) is 5.75 Å². The average Bonchev–Trinajstić information content (AvgIpc) is 2.46. The van der Waals surface area contributed by atoms with E-state index in [1.165, 1.54) is 4.90 Å². The van der Waals surface area contributed by atoms with Gasteiger partial charge in [-0.3, -0.25) is 9.59 Å². The molecule has 1 aromatic rings. The Morgan fingerprint density at radius 3 is 2.73 bits per heavy atom. The molecule has 1 N–H and O–H groups in total. The summed E-state index contributed by atoms with van der Waals surface area (Å²) >= 11 is 0. The lowest BCUT2D eigenvalue weighted by molar-refractivity contribution is -0.143. The van der Waals surface area contributed by atoms with Gasteiger partial charge >= 0.3 is 12.6 Å². The molecule has 8 heteroatoms. The smallest absolute Gasteiger partial charge is 0.387 e. The molecule has 0 radical (unpaired) electrons. The Kier molecular flexibility index (Phi) is 4.89. The number of alkyl halides is 2. The highest BCUT2D eigenvalue weighted by Gasteiger charge is 2.30. The Morgan fingerprint density at radius 1 is 1.36 bits per heavy atom. The molecule has 22 heavy (non-hydrogen) atoms. The predicted molar refractivity (Wildman–Crippen MR) is 69.3 cm³/mol. The number of ether oxygens (including phenoxy) is 1. The number of hydrogen-bond acceptors (Lipinski definition) is 3. The highest BCUT2D eigenvalue weighted by molar-refractivity contribution is 5.97. The number of hydrogen-bond donors (Lipinski definition) is 1. The fourth-order valence-corrected chi connectivity index (χ4v) is 2.40. The number of carbonyl (C=O) groups excluding carboxylic acids is 1. The third kappa shape index (κ3) is 3.69. The Bertz CT molecular complexity index is 579. The second-order valence-corrected chi connectivity index (χ2v) is 4.95. The second kappa shape index (κ2) is 6.67. The van der Waals surface area contributed by atoms with Crippen molar-refractivity contribution in [1.82, 2.24) is 4.90 Å². The summed E-state index contributed by atoms with van der Waals surface area (Å²) in [5, 5.41) is 9.01. The van der Waals surface area contributed by atoms with Gasteiger partial charge < -0.3 is 14.7 Å². The Hall–Kier alpha value is -2.25. The van der Waals surface area contributed by atoms with Gasteiger partial charge in [-0.15, -0.1) is 0 Å². The maximum absolute atomic E-state index is 13.1. The molecule has 2 rings (SSSR count). The van der Waals surface area contributed by atoms with Crippen molar-refractivity contribution in [3.05, 3.63) is 29.6 Å². The lowest BCUT2D eigenvalue weighted by Crippen LogP contribution is -2.42. The number of aliphatic carboxylic acids is 1. The first-order chi connectivity index (χ1) is 10.4. The van der Waals surface area contributed by atoms with Crippen LogP contribution in [-0.2, 0) is 4.79 Å². The summed E-state index contributed by atoms with van der Waals surface area (Å²) in [5.41, 5.74) is -0.215. The zero-order valence-electron chi connectivity index (χ0n) is 11.5. The van der Waals surface area contributed by atoms with E-state index in [0.717, 1.165) is 12.1 Å². The Labute approximate surface area is 124 Å². The Balaban J connectivity index is 2.23. The van der Waals surface area contributed by atoms with Gasteiger partial charge in [0.25, 0.3) is 5.91 Å². The number of piperidine rings is 1. The summed E-state index contributed by atoms with van der Waals surface area (Å²) in [4.78, 5) is 24.6. The van der Waals surface area contributed by atoms with Gasteiger partial charge in [-0.25, -0.2) is 4.39 Å². The third-order valence-corrected chi connectivity index (χ3v) is 3.45. The molecule has 1 atom stereocenters. The van der Waals surface area contributed by atoms with Gasteiger partial charge in [0.05, 0.1) is 11.5 Å². The molecule has 0 saturated carbocycles. The molecule has 1 heterocycles. The van der Waals surface area contributed by atoms with Crippen molar-refractivity contribution in [2.24, 2.45) is 5.92 Å². The topological polar surface area (TPSA) is 66.8 Å².